The van der Waals surface area contributed by atoms with Crippen LogP contribution in [0.4, 0.5) is 0 Å². The second kappa shape index (κ2) is 11.0. The number of guanidine groups is 1. The predicted octanol–water partition coefficient (Wildman–Crippen LogP) is 3.20. The summed E-state index contributed by atoms with van der Waals surface area (Å²) in [4.78, 5) is 9.62. The van der Waals surface area contributed by atoms with Gasteiger partial charge in [-0.3, -0.25) is 9.89 Å². The van der Waals surface area contributed by atoms with E-state index in [4.69, 9.17) is 9.52 Å². The fourth-order valence-electron chi connectivity index (χ4n) is 2.89. The van der Waals surface area contributed by atoms with E-state index < -0.39 is 0 Å². The van der Waals surface area contributed by atoms with Crippen molar-refractivity contribution < 1.29 is 4.52 Å². The number of halogens is 1. The van der Waals surface area contributed by atoms with E-state index in [2.05, 4.69) is 48.0 Å². The lowest BCUT2D eigenvalue weighted by atomic mass is 9.91. The lowest BCUT2D eigenvalue weighted by Crippen LogP contribution is -2.52. The molecule has 1 N–H and O–H groups in total. The van der Waals surface area contributed by atoms with E-state index in [0.29, 0.717) is 5.41 Å². The summed E-state index contributed by atoms with van der Waals surface area (Å²) < 4.78 is 4.91. The highest BCUT2D eigenvalue weighted by Crippen LogP contribution is 2.20. The first kappa shape index (κ1) is 22.2. The molecular formula is C18H34IN5O. The van der Waals surface area contributed by atoms with Crippen molar-refractivity contribution in [3.8, 4) is 0 Å². The van der Waals surface area contributed by atoms with Crippen LogP contribution < -0.4 is 5.32 Å². The van der Waals surface area contributed by atoms with Crippen LogP contribution in [-0.4, -0.2) is 60.2 Å². The number of aliphatic imine (C=N–C) groups is 1. The molecule has 0 bridgehead atoms. The average Bonchev–Trinajstić information content (AvgIpc) is 3.03. The Bertz CT molecular complexity index is 490. The van der Waals surface area contributed by atoms with E-state index in [1.165, 1.54) is 6.42 Å². The van der Waals surface area contributed by atoms with Gasteiger partial charge in [-0.15, -0.1) is 24.0 Å². The van der Waals surface area contributed by atoms with Gasteiger partial charge in [0.15, 0.2) is 5.96 Å². The summed E-state index contributed by atoms with van der Waals surface area (Å²) >= 11 is 0. The Morgan fingerprint density at radius 1 is 1.28 bits per heavy atom. The van der Waals surface area contributed by atoms with E-state index in [9.17, 15) is 0 Å². The molecule has 0 unspecified atom stereocenters. The van der Waals surface area contributed by atoms with Crippen LogP contribution in [0.25, 0.3) is 0 Å². The molecule has 0 atom stereocenters. The predicted molar refractivity (Wildman–Crippen MR) is 113 cm³/mol. The number of nitrogens with zero attached hydrogens (tertiary/aromatic N) is 4. The third-order valence-electron chi connectivity index (χ3n) is 4.23. The Labute approximate surface area is 169 Å². The Kier molecular flexibility index (Phi) is 9.78. The molecule has 1 aromatic heterocycles. The van der Waals surface area contributed by atoms with Crippen LogP contribution in [0, 0.1) is 5.41 Å². The normalized spacial score (nSPS) is 16.6. The standard InChI is InChI=1S/C18H33N5O.HI/c1-5-19-17(20-9-6-8-18(2,3)4)23-12-10-22(11-13-23)15-16-7-14-24-21-16;/h7,14H,5-6,8-13,15H2,1-4H3,(H,19,20);1H. The van der Waals surface area contributed by atoms with Crippen molar-refractivity contribution in [3.63, 3.8) is 0 Å². The molecule has 144 valence electrons. The fourth-order valence-corrected chi connectivity index (χ4v) is 2.89. The van der Waals surface area contributed by atoms with Crippen LogP contribution in [0.3, 0.4) is 0 Å². The Morgan fingerprint density at radius 3 is 2.56 bits per heavy atom. The van der Waals surface area contributed by atoms with Gasteiger partial charge in [0.1, 0.15) is 6.26 Å². The maximum Gasteiger partial charge on any atom is 0.194 e. The summed E-state index contributed by atoms with van der Waals surface area (Å²) in [5, 5.41) is 7.44. The fraction of sp³-hybridized carbons (Fsp3) is 0.778. The number of nitrogens with one attached hydrogen (secondary N) is 1. The van der Waals surface area contributed by atoms with Crippen molar-refractivity contribution in [1.29, 1.82) is 0 Å². The highest BCUT2D eigenvalue weighted by Gasteiger charge is 2.20. The molecule has 6 nitrogen and oxygen atoms in total. The Hall–Kier alpha value is -0.830. The first-order valence-electron chi connectivity index (χ1n) is 9.13. The Balaban J connectivity index is 0.00000312. The summed E-state index contributed by atoms with van der Waals surface area (Å²) in [6.07, 6.45) is 3.99. The molecule has 1 aliphatic heterocycles. The summed E-state index contributed by atoms with van der Waals surface area (Å²) in [6, 6.07) is 1.94. The van der Waals surface area contributed by atoms with E-state index in [-0.39, 0.29) is 24.0 Å². The minimum absolute atomic E-state index is 0. The molecule has 2 heterocycles. The van der Waals surface area contributed by atoms with Gasteiger partial charge >= 0.3 is 0 Å². The number of hydrogen-bond acceptors (Lipinski definition) is 4. The quantitative estimate of drug-likeness (QED) is 0.304. The molecule has 0 aromatic carbocycles. The lowest BCUT2D eigenvalue weighted by Gasteiger charge is -2.36. The van der Waals surface area contributed by atoms with Crippen molar-refractivity contribution in [1.82, 2.24) is 20.3 Å². The largest absolute Gasteiger partial charge is 0.364 e. The van der Waals surface area contributed by atoms with Gasteiger partial charge in [0, 0.05) is 51.9 Å². The molecule has 1 fully saturated rings. The topological polar surface area (TPSA) is 56.9 Å². The highest BCUT2D eigenvalue weighted by atomic mass is 127. The van der Waals surface area contributed by atoms with Crippen LogP contribution in [0.2, 0.25) is 0 Å². The molecule has 0 radical (unpaired) electrons. The van der Waals surface area contributed by atoms with Crippen molar-refractivity contribution in [2.75, 3.05) is 39.3 Å². The summed E-state index contributed by atoms with van der Waals surface area (Å²) in [5.74, 6) is 1.06. The molecule has 2 rings (SSSR count). The lowest BCUT2D eigenvalue weighted by molar-refractivity contribution is 0.169. The first-order chi connectivity index (χ1) is 11.5. The molecule has 1 saturated heterocycles. The van der Waals surface area contributed by atoms with Gasteiger partial charge in [-0.05, 0) is 25.2 Å². The SMILES string of the molecule is CCNC(=NCCCC(C)(C)C)N1CCN(Cc2ccon2)CC1.I. The molecule has 1 aromatic rings. The maximum atomic E-state index is 4.91. The molecule has 1 aliphatic rings. The maximum absolute atomic E-state index is 4.91. The van der Waals surface area contributed by atoms with Gasteiger partial charge in [0.25, 0.3) is 0 Å². The minimum atomic E-state index is 0. The van der Waals surface area contributed by atoms with Gasteiger partial charge in [-0.1, -0.05) is 25.9 Å². The van der Waals surface area contributed by atoms with Crippen molar-refractivity contribution in [2.24, 2.45) is 10.4 Å². The van der Waals surface area contributed by atoms with Gasteiger partial charge < -0.3 is 14.7 Å². The Morgan fingerprint density at radius 2 is 2.00 bits per heavy atom. The molecule has 7 heteroatoms. The number of piperazine rings is 1. The monoisotopic (exact) mass is 463 g/mol. The minimum Gasteiger partial charge on any atom is -0.364 e. The molecule has 0 aliphatic carbocycles. The van der Waals surface area contributed by atoms with Gasteiger partial charge in [0.05, 0.1) is 5.69 Å². The van der Waals surface area contributed by atoms with Crippen LogP contribution in [0.1, 0.15) is 46.2 Å². The number of aromatic nitrogens is 1. The first-order valence-corrected chi connectivity index (χ1v) is 9.13. The molecular weight excluding hydrogens is 429 g/mol. The zero-order valence-electron chi connectivity index (χ0n) is 16.1. The summed E-state index contributed by atoms with van der Waals surface area (Å²) in [7, 11) is 0. The van der Waals surface area contributed by atoms with Gasteiger partial charge in [-0.2, -0.15) is 0 Å². The second-order valence-electron chi connectivity index (χ2n) is 7.65. The molecule has 25 heavy (non-hydrogen) atoms. The summed E-state index contributed by atoms with van der Waals surface area (Å²) in [5.41, 5.74) is 1.40. The van der Waals surface area contributed by atoms with E-state index in [1.54, 1.807) is 6.26 Å². The summed E-state index contributed by atoms with van der Waals surface area (Å²) in [6.45, 7) is 15.7. The van der Waals surface area contributed by atoms with Crippen molar-refractivity contribution in [2.45, 2.75) is 47.1 Å². The zero-order chi connectivity index (χ0) is 17.4. The van der Waals surface area contributed by atoms with Gasteiger partial charge in [-0.25, -0.2) is 0 Å². The van der Waals surface area contributed by atoms with Gasteiger partial charge in [0.2, 0.25) is 0 Å². The molecule has 0 spiro atoms. The van der Waals surface area contributed by atoms with Crippen LogP contribution >= 0.6 is 24.0 Å². The van der Waals surface area contributed by atoms with Crippen molar-refractivity contribution >= 4 is 29.9 Å². The van der Waals surface area contributed by atoms with E-state index in [1.807, 2.05) is 6.07 Å². The van der Waals surface area contributed by atoms with E-state index in [0.717, 1.165) is 63.9 Å². The third-order valence-corrected chi connectivity index (χ3v) is 4.23. The molecule has 0 amide bonds. The molecule has 0 saturated carbocycles. The average molecular weight is 463 g/mol. The smallest absolute Gasteiger partial charge is 0.194 e. The van der Waals surface area contributed by atoms with Crippen LogP contribution in [0.15, 0.2) is 21.8 Å². The van der Waals surface area contributed by atoms with Crippen LogP contribution in [0.5, 0.6) is 0 Å². The third kappa shape index (κ3) is 8.40. The van der Waals surface area contributed by atoms with E-state index >= 15 is 0 Å². The highest BCUT2D eigenvalue weighted by molar-refractivity contribution is 14.0. The second-order valence-corrected chi connectivity index (χ2v) is 7.65. The number of rotatable bonds is 6. The zero-order valence-corrected chi connectivity index (χ0v) is 18.5. The van der Waals surface area contributed by atoms with Crippen LogP contribution in [-0.2, 0) is 6.54 Å². The van der Waals surface area contributed by atoms with Crippen molar-refractivity contribution in [3.05, 3.63) is 18.0 Å². The number of hydrogen-bond donors (Lipinski definition) is 1.